The van der Waals surface area contributed by atoms with E-state index in [0.717, 1.165) is 24.2 Å². The zero-order valence-electron chi connectivity index (χ0n) is 14.6. The predicted molar refractivity (Wildman–Crippen MR) is 92.1 cm³/mol. The molecule has 0 unspecified atom stereocenters. The van der Waals surface area contributed by atoms with Gasteiger partial charge in [-0.15, -0.1) is 0 Å². The molecule has 0 saturated heterocycles. The van der Waals surface area contributed by atoms with Gasteiger partial charge in [-0.2, -0.15) is 0 Å². The summed E-state index contributed by atoms with van der Waals surface area (Å²) in [4.78, 5) is 11.3. The number of para-hydroxylation sites is 1. The SMILES string of the molecule is COC(=O)CCCc1cccc2c1O[C@H]1C[C@@H](O)[C@H](C=C(C)C)[C@@H]21. The molecule has 1 aromatic rings. The first kappa shape index (κ1) is 17.0. The molecular formula is C20H26O4. The standard InChI is InChI=1S/C20H26O4/c1-12(2)10-15-16(21)11-17-19(15)14-8-4-6-13(20(14)24-17)7-5-9-18(22)23-3/h4,6,8,10,15-17,19,21H,5,7,9,11H2,1-3H3/t15-,16+,17-,19+/m0/s1. The van der Waals surface area contributed by atoms with E-state index in [0.29, 0.717) is 12.8 Å². The first-order valence-electron chi connectivity index (χ1n) is 8.69. The van der Waals surface area contributed by atoms with Gasteiger partial charge in [-0.1, -0.05) is 29.8 Å². The van der Waals surface area contributed by atoms with Crippen LogP contribution in [0.15, 0.2) is 29.8 Å². The van der Waals surface area contributed by atoms with Crippen molar-refractivity contribution in [1.82, 2.24) is 0 Å². The number of ether oxygens (including phenoxy) is 2. The van der Waals surface area contributed by atoms with E-state index in [4.69, 9.17) is 9.47 Å². The fourth-order valence-electron chi connectivity index (χ4n) is 4.04. The molecule has 1 fully saturated rings. The quantitative estimate of drug-likeness (QED) is 0.664. The number of hydrogen-bond acceptors (Lipinski definition) is 4. The summed E-state index contributed by atoms with van der Waals surface area (Å²) in [6.45, 7) is 4.14. The minimum Gasteiger partial charge on any atom is -0.489 e. The Balaban J connectivity index is 1.80. The van der Waals surface area contributed by atoms with E-state index in [1.54, 1.807) is 0 Å². The number of benzene rings is 1. The number of methoxy groups -OCH3 is 1. The van der Waals surface area contributed by atoms with E-state index < -0.39 is 0 Å². The van der Waals surface area contributed by atoms with Crippen LogP contribution in [0.3, 0.4) is 0 Å². The number of aliphatic hydroxyl groups is 1. The van der Waals surface area contributed by atoms with Crippen LogP contribution >= 0.6 is 0 Å². The van der Waals surface area contributed by atoms with Gasteiger partial charge in [0.2, 0.25) is 0 Å². The molecule has 1 aliphatic heterocycles. The van der Waals surface area contributed by atoms with Crippen LogP contribution < -0.4 is 4.74 Å². The summed E-state index contributed by atoms with van der Waals surface area (Å²) in [5.74, 6) is 1.14. The van der Waals surface area contributed by atoms with Crippen molar-refractivity contribution in [2.24, 2.45) is 5.92 Å². The van der Waals surface area contributed by atoms with Crippen LogP contribution in [-0.2, 0) is 16.0 Å². The number of rotatable bonds is 5. The molecule has 0 spiro atoms. The molecule has 4 nitrogen and oxygen atoms in total. The van der Waals surface area contributed by atoms with Crippen molar-refractivity contribution in [3.8, 4) is 5.75 Å². The maximum Gasteiger partial charge on any atom is 0.305 e. The molecule has 130 valence electrons. The van der Waals surface area contributed by atoms with Gasteiger partial charge in [-0.25, -0.2) is 0 Å². The van der Waals surface area contributed by atoms with E-state index >= 15 is 0 Å². The minimum absolute atomic E-state index is 0.0531. The Kier molecular flexibility index (Phi) is 4.95. The Hall–Kier alpha value is -1.81. The third kappa shape index (κ3) is 3.20. The zero-order chi connectivity index (χ0) is 17.3. The van der Waals surface area contributed by atoms with E-state index in [9.17, 15) is 9.90 Å². The van der Waals surface area contributed by atoms with Gasteiger partial charge in [0, 0.05) is 30.2 Å². The second kappa shape index (κ2) is 6.98. The van der Waals surface area contributed by atoms with Crippen LogP contribution in [0, 0.1) is 5.92 Å². The third-order valence-electron chi connectivity index (χ3n) is 5.07. The first-order valence-corrected chi connectivity index (χ1v) is 8.69. The van der Waals surface area contributed by atoms with Gasteiger partial charge in [0.1, 0.15) is 11.9 Å². The molecular weight excluding hydrogens is 304 g/mol. The topological polar surface area (TPSA) is 55.8 Å². The summed E-state index contributed by atoms with van der Waals surface area (Å²) in [6, 6.07) is 6.25. The number of hydrogen-bond donors (Lipinski definition) is 1. The lowest BCUT2D eigenvalue weighted by atomic mass is 9.86. The van der Waals surface area contributed by atoms with Crippen LogP contribution in [0.5, 0.6) is 5.75 Å². The highest BCUT2D eigenvalue weighted by Crippen LogP contribution is 2.52. The van der Waals surface area contributed by atoms with Gasteiger partial charge in [0.15, 0.2) is 0 Å². The number of carbonyl (C=O) groups excluding carboxylic acids is 1. The molecule has 0 amide bonds. The van der Waals surface area contributed by atoms with Gasteiger partial charge < -0.3 is 14.6 Å². The fourth-order valence-corrected chi connectivity index (χ4v) is 4.04. The molecule has 4 atom stereocenters. The maximum atomic E-state index is 11.3. The highest BCUT2D eigenvalue weighted by atomic mass is 16.5. The Morgan fingerprint density at radius 1 is 1.42 bits per heavy atom. The van der Waals surface area contributed by atoms with E-state index in [1.807, 2.05) is 0 Å². The van der Waals surface area contributed by atoms with Crippen molar-refractivity contribution in [2.75, 3.05) is 7.11 Å². The lowest BCUT2D eigenvalue weighted by Gasteiger charge is -2.18. The van der Waals surface area contributed by atoms with Crippen LogP contribution in [-0.4, -0.2) is 30.4 Å². The lowest BCUT2D eigenvalue weighted by Crippen LogP contribution is -2.16. The van der Waals surface area contributed by atoms with Gasteiger partial charge in [0.05, 0.1) is 13.2 Å². The number of aryl methyl sites for hydroxylation is 1. The largest absolute Gasteiger partial charge is 0.489 e. The number of carbonyl (C=O) groups is 1. The molecule has 24 heavy (non-hydrogen) atoms. The van der Waals surface area contributed by atoms with Gasteiger partial charge in [-0.05, 0) is 32.3 Å². The van der Waals surface area contributed by atoms with Gasteiger partial charge in [-0.3, -0.25) is 4.79 Å². The van der Waals surface area contributed by atoms with Crippen LogP contribution in [0.4, 0.5) is 0 Å². The third-order valence-corrected chi connectivity index (χ3v) is 5.07. The average Bonchev–Trinajstić information content (AvgIpc) is 3.04. The molecule has 2 aliphatic rings. The molecule has 1 heterocycles. The molecule has 1 aliphatic carbocycles. The van der Waals surface area contributed by atoms with Crippen molar-refractivity contribution in [3.05, 3.63) is 41.0 Å². The normalized spacial score (nSPS) is 27.2. The average molecular weight is 330 g/mol. The molecule has 0 bridgehead atoms. The highest BCUT2D eigenvalue weighted by Gasteiger charge is 2.48. The molecule has 1 aromatic carbocycles. The van der Waals surface area contributed by atoms with Crippen LogP contribution in [0.2, 0.25) is 0 Å². The Labute approximate surface area is 143 Å². The second-order valence-electron chi connectivity index (χ2n) is 7.07. The molecule has 4 heteroatoms. The molecule has 0 radical (unpaired) electrons. The highest BCUT2D eigenvalue weighted by molar-refractivity contribution is 5.69. The van der Waals surface area contributed by atoms with Crippen LogP contribution in [0.25, 0.3) is 0 Å². The lowest BCUT2D eigenvalue weighted by molar-refractivity contribution is -0.140. The van der Waals surface area contributed by atoms with Crippen LogP contribution in [0.1, 0.15) is 50.2 Å². The molecule has 1 saturated carbocycles. The number of allylic oxidation sites excluding steroid dienone is 1. The van der Waals surface area contributed by atoms with E-state index in [1.165, 1.54) is 18.2 Å². The van der Waals surface area contributed by atoms with Crippen molar-refractivity contribution in [2.45, 2.75) is 57.7 Å². The second-order valence-corrected chi connectivity index (χ2v) is 7.07. The van der Waals surface area contributed by atoms with Crippen molar-refractivity contribution in [1.29, 1.82) is 0 Å². The first-order chi connectivity index (χ1) is 11.5. The summed E-state index contributed by atoms with van der Waals surface area (Å²) in [6.07, 6.45) is 4.54. The predicted octanol–water partition coefficient (Wildman–Crippen LogP) is 3.37. The summed E-state index contributed by atoms with van der Waals surface area (Å²) in [5.41, 5.74) is 3.58. The van der Waals surface area contributed by atoms with E-state index in [-0.39, 0.29) is 30.0 Å². The summed E-state index contributed by atoms with van der Waals surface area (Å²) >= 11 is 0. The molecule has 1 N–H and O–H groups in total. The summed E-state index contributed by atoms with van der Waals surface area (Å²) < 4.78 is 10.9. The Bertz CT molecular complexity index is 645. The van der Waals surface area contributed by atoms with Gasteiger partial charge in [0.25, 0.3) is 0 Å². The van der Waals surface area contributed by atoms with Crippen molar-refractivity contribution < 1.29 is 19.4 Å². The molecule has 0 aromatic heterocycles. The minimum atomic E-state index is -0.342. The zero-order valence-corrected chi connectivity index (χ0v) is 14.6. The Morgan fingerprint density at radius 3 is 2.92 bits per heavy atom. The van der Waals surface area contributed by atoms with E-state index in [2.05, 4.69) is 38.1 Å². The monoisotopic (exact) mass is 330 g/mol. The van der Waals surface area contributed by atoms with Crippen molar-refractivity contribution >= 4 is 5.97 Å². The smallest absolute Gasteiger partial charge is 0.305 e. The molecule has 3 rings (SSSR count). The Morgan fingerprint density at radius 2 is 2.21 bits per heavy atom. The number of esters is 1. The maximum absolute atomic E-state index is 11.3. The fraction of sp³-hybridized carbons (Fsp3) is 0.550. The number of aliphatic hydroxyl groups excluding tert-OH is 1. The number of fused-ring (bicyclic) bond motifs is 3. The summed E-state index contributed by atoms with van der Waals surface area (Å²) in [5, 5.41) is 10.4. The van der Waals surface area contributed by atoms with Gasteiger partial charge >= 0.3 is 5.97 Å². The van der Waals surface area contributed by atoms with Crippen molar-refractivity contribution in [3.63, 3.8) is 0 Å². The summed E-state index contributed by atoms with van der Waals surface area (Å²) in [7, 11) is 1.42.